The lowest BCUT2D eigenvalue weighted by Crippen LogP contribution is -2.37. The molecule has 2 aromatic carbocycles. The van der Waals surface area contributed by atoms with Gasteiger partial charge in [-0.1, -0.05) is 55.3 Å². The number of methoxy groups -OCH3 is 1. The third-order valence-electron chi connectivity index (χ3n) is 5.95. The molecular formula is C25H28N4O3. The number of hydrogen-bond acceptors (Lipinski definition) is 4. The molecule has 2 N–H and O–H groups in total. The summed E-state index contributed by atoms with van der Waals surface area (Å²) in [6.07, 6.45) is 5.63. The summed E-state index contributed by atoms with van der Waals surface area (Å²) >= 11 is 0. The van der Waals surface area contributed by atoms with E-state index in [2.05, 4.69) is 5.10 Å². The van der Waals surface area contributed by atoms with Gasteiger partial charge in [0, 0.05) is 18.3 Å². The molecule has 0 bridgehead atoms. The van der Waals surface area contributed by atoms with Crippen LogP contribution in [0.1, 0.15) is 47.6 Å². The molecule has 2 heterocycles. The molecular weight excluding hydrogens is 404 g/mol. The van der Waals surface area contributed by atoms with Gasteiger partial charge in [0.15, 0.2) is 0 Å². The highest BCUT2D eigenvalue weighted by Gasteiger charge is 2.27. The van der Waals surface area contributed by atoms with Gasteiger partial charge in [0.05, 0.1) is 18.7 Å². The van der Waals surface area contributed by atoms with Crippen molar-refractivity contribution in [2.24, 2.45) is 5.73 Å². The molecule has 2 amide bonds. The largest absolute Gasteiger partial charge is 0.497 e. The molecule has 1 fully saturated rings. The lowest BCUT2D eigenvalue weighted by Gasteiger charge is -2.30. The molecule has 1 saturated heterocycles. The van der Waals surface area contributed by atoms with E-state index in [-0.39, 0.29) is 18.5 Å². The predicted molar refractivity (Wildman–Crippen MR) is 122 cm³/mol. The summed E-state index contributed by atoms with van der Waals surface area (Å²) in [5.41, 5.74) is 8.28. The van der Waals surface area contributed by atoms with E-state index in [0.29, 0.717) is 17.8 Å². The van der Waals surface area contributed by atoms with E-state index >= 15 is 0 Å². The van der Waals surface area contributed by atoms with Crippen LogP contribution < -0.4 is 10.5 Å². The summed E-state index contributed by atoms with van der Waals surface area (Å²) in [5.74, 6) is 0.212. The number of benzene rings is 2. The molecule has 0 spiro atoms. The summed E-state index contributed by atoms with van der Waals surface area (Å²) in [7, 11) is 1.64. The van der Waals surface area contributed by atoms with Crippen LogP contribution in [0.4, 0.5) is 0 Å². The second-order valence-corrected chi connectivity index (χ2v) is 8.04. The van der Waals surface area contributed by atoms with Crippen molar-refractivity contribution in [3.8, 4) is 17.0 Å². The molecule has 0 radical (unpaired) electrons. The normalized spacial score (nSPS) is 16.4. The first-order valence-electron chi connectivity index (χ1n) is 10.9. The number of primary amides is 1. The molecule has 1 aliphatic rings. The summed E-state index contributed by atoms with van der Waals surface area (Å²) < 4.78 is 6.80. The molecule has 1 unspecified atom stereocenters. The van der Waals surface area contributed by atoms with Crippen LogP contribution >= 0.6 is 0 Å². The van der Waals surface area contributed by atoms with E-state index in [0.717, 1.165) is 42.6 Å². The Labute approximate surface area is 187 Å². The van der Waals surface area contributed by atoms with E-state index in [1.165, 1.54) is 4.68 Å². The van der Waals surface area contributed by atoms with Crippen molar-refractivity contribution >= 4 is 11.8 Å². The lowest BCUT2D eigenvalue weighted by atomic mass is 10.0. The van der Waals surface area contributed by atoms with Crippen molar-refractivity contribution in [3.63, 3.8) is 0 Å². The number of carbonyl (C=O) groups is 2. The Balaban J connectivity index is 1.59. The van der Waals surface area contributed by atoms with Crippen LogP contribution in [0.3, 0.4) is 0 Å². The number of aromatic nitrogens is 2. The topological polar surface area (TPSA) is 90.5 Å². The van der Waals surface area contributed by atoms with Gasteiger partial charge in [-0.15, -0.1) is 0 Å². The van der Waals surface area contributed by atoms with Crippen LogP contribution in [0.2, 0.25) is 0 Å². The Morgan fingerprint density at radius 1 is 1.06 bits per heavy atom. The third kappa shape index (κ3) is 4.66. The fourth-order valence-corrected chi connectivity index (χ4v) is 4.30. The fraction of sp³-hybridized carbons (Fsp3) is 0.320. The molecule has 7 nitrogen and oxygen atoms in total. The minimum Gasteiger partial charge on any atom is -0.497 e. The van der Waals surface area contributed by atoms with Crippen LogP contribution in [0.25, 0.3) is 11.3 Å². The first-order chi connectivity index (χ1) is 15.6. The SMILES string of the molecule is COc1ccc(C2CCCCCN2C(=O)Cn2cc(C(N)=O)c(-c3ccccc3)n2)cc1. The van der Waals surface area contributed by atoms with Crippen molar-refractivity contribution in [3.05, 3.63) is 71.9 Å². The molecule has 7 heteroatoms. The minimum atomic E-state index is -0.562. The number of hydrogen-bond donors (Lipinski definition) is 1. The molecule has 32 heavy (non-hydrogen) atoms. The maximum Gasteiger partial charge on any atom is 0.252 e. The number of amides is 2. The molecule has 3 aromatic rings. The van der Waals surface area contributed by atoms with Crippen molar-refractivity contribution in [1.82, 2.24) is 14.7 Å². The zero-order valence-electron chi connectivity index (χ0n) is 18.2. The number of rotatable bonds is 6. The van der Waals surface area contributed by atoms with Crippen molar-refractivity contribution in [2.45, 2.75) is 38.3 Å². The predicted octanol–water partition coefficient (Wildman–Crippen LogP) is 3.80. The Hall–Kier alpha value is -3.61. The molecule has 166 valence electrons. The summed E-state index contributed by atoms with van der Waals surface area (Å²) in [6, 6.07) is 17.3. The second kappa shape index (κ2) is 9.68. The Morgan fingerprint density at radius 3 is 2.50 bits per heavy atom. The zero-order chi connectivity index (χ0) is 22.5. The summed E-state index contributed by atoms with van der Waals surface area (Å²) in [5, 5.41) is 4.53. The summed E-state index contributed by atoms with van der Waals surface area (Å²) in [4.78, 5) is 27.3. The Bertz CT molecular complexity index is 1080. The number of nitrogens with two attached hydrogens (primary N) is 1. The van der Waals surface area contributed by atoms with Gasteiger partial charge in [-0.05, 0) is 30.5 Å². The van der Waals surface area contributed by atoms with Gasteiger partial charge in [-0.3, -0.25) is 14.3 Å². The summed E-state index contributed by atoms with van der Waals surface area (Å²) in [6.45, 7) is 0.755. The third-order valence-corrected chi connectivity index (χ3v) is 5.95. The molecule has 1 atom stereocenters. The lowest BCUT2D eigenvalue weighted by molar-refractivity contribution is -0.134. The highest BCUT2D eigenvalue weighted by atomic mass is 16.5. The van der Waals surface area contributed by atoms with Crippen molar-refractivity contribution in [1.29, 1.82) is 0 Å². The van der Waals surface area contributed by atoms with Gasteiger partial charge in [0.1, 0.15) is 18.0 Å². The maximum atomic E-state index is 13.4. The first kappa shape index (κ1) is 21.6. The van der Waals surface area contributed by atoms with Crippen molar-refractivity contribution < 1.29 is 14.3 Å². The number of nitrogens with zero attached hydrogens (tertiary/aromatic N) is 3. The minimum absolute atomic E-state index is 0.00988. The van der Waals surface area contributed by atoms with Crippen LogP contribution in [0.5, 0.6) is 5.75 Å². The first-order valence-corrected chi connectivity index (χ1v) is 10.9. The van der Waals surface area contributed by atoms with Crippen LogP contribution in [-0.2, 0) is 11.3 Å². The van der Waals surface area contributed by atoms with Gasteiger partial charge >= 0.3 is 0 Å². The Kier molecular flexibility index (Phi) is 6.54. The highest BCUT2D eigenvalue weighted by molar-refractivity contribution is 5.98. The van der Waals surface area contributed by atoms with Gasteiger partial charge in [0.25, 0.3) is 5.91 Å². The van der Waals surface area contributed by atoms with E-state index in [9.17, 15) is 9.59 Å². The van der Waals surface area contributed by atoms with Crippen LogP contribution in [0.15, 0.2) is 60.8 Å². The van der Waals surface area contributed by atoms with E-state index in [4.69, 9.17) is 10.5 Å². The standard InChI is InChI=1S/C25H28N4O3/c1-32-20-13-11-18(12-14-20)22-10-6-3-7-15-29(22)23(30)17-28-16-21(25(26)31)24(27-28)19-8-4-2-5-9-19/h2,4-5,8-9,11-14,16,22H,3,6-7,10,15,17H2,1H3,(H2,26,31). The van der Waals surface area contributed by atoms with Crippen LogP contribution in [-0.4, -0.2) is 40.1 Å². The fourth-order valence-electron chi connectivity index (χ4n) is 4.30. The smallest absolute Gasteiger partial charge is 0.252 e. The molecule has 4 rings (SSSR count). The highest BCUT2D eigenvalue weighted by Crippen LogP contribution is 2.31. The number of ether oxygens (including phenoxy) is 1. The van der Waals surface area contributed by atoms with Gasteiger partial charge < -0.3 is 15.4 Å². The van der Waals surface area contributed by atoms with E-state index in [1.807, 2.05) is 59.5 Å². The molecule has 1 aromatic heterocycles. The van der Waals surface area contributed by atoms with Crippen LogP contribution in [0, 0.1) is 0 Å². The van der Waals surface area contributed by atoms with Gasteiger partial charge in [-0.2, -0.15) is 5.10 Å². The average molecular weight is 433 g/mol. The zero-order valence-corrected chi connectivity index (χ0v) is 18.2. The van der Waals surface area contributed by atoms with Crippen molar-refractivity contribution in [2.75, 3.05) is 13.7 Å². The molecule has 0 saturated carbocycles. The molecule has 1 aliphatic heterocycles. The molecule has 0 aliphatic carbocycles. The number of carbonyl (C=O) groups excluding carboxylic acids is 2. The quantitative estimate of drug-likeness (QED) is 0.641. The number of likely N-dealkylation sites (tertiary alicyclic amines) is 1. The monoisotopic (exact) mass is 432 g/mol. The maximum absolute atomic E-state index is 13.4. The van der Waals surface area contributed by atoms with E-state index in [1.54, 1.807) is 13.3 Å². The average Bonchev–Trinajstić information content (AvgIpc) is 3.08. The van der Waals surface area contributed by atoms with E-state index < -0.39 is 5.91 Å². The Morgan fingerprint density at radius 2 is 1.81 bits per heavy atom. The second-order valence-electron chi connectivity index (χ2n) is 8.04. The van der Waals surface area contributed by atoms with Gasteiger partial charge in [-0.25, -0.2) is 0 Å². The van der Waals surface area contributed by atoms with Gasteiger partial charge in [0.2, 0.25) is 5.91 Å².